The monoisotopic (exact) mass is 262 g/mol. The van der Waals surface area contributed by atoms with E-state index in [9.17, 15) is 0 Å². The van der Waals surface area contributed by atoms with E-state index in [1.807, 2.05) is 0 Å². The van der Waals surface area contributed by atoms with Crippen LogP contribution in [0.25, 0.3) is 0 Å². The predicted molar refractivity (Wildman–Crippen MR) is 11.6 cm³/mol. The zero-order valence-corrected chi connectivity index (χ0v) is 4.46. The number of hydrogen-bond donors (Lipinski definition) is 0. The van der Waals surface area contributed by atoms with E-state index in [1.165, 1.54) is 0 Å². The normalized spacial score (nSPS) is 3.25. The van der Waals surface area contributed by atoms with E-state index in [0.29, 0.717) is 0 Å². The Hall–Kier alpha value is 0.630. The molecule has 0 bridgehead atoms. The van der Waals surface area contributed by atoms with Crippen LogP contribution >= 0.6 is 11.8 Å². The van der Waals surface area contributed by atoms with Crippen LogP contribution in [0.5, 0.6) is 0 Å². The van der Waals surface area contributed by atoms with Crippen LogP contribution in [0.2, 0.25) is 0 Å². The Morgan fingerprint density at radius 2 is 1.75 bits per heavy atom. The van der Waals surface area contributed by atoms with Crippen molar-refractivity contribution < 1.29 is 22.4 Å². The first kappa shape index (κ1) is 8.82. The molecule has 2 nitrogen and oxygen atoms in total. The zero-order chi connectivity index (χ0) is 2.71. The second-order valence-electron chi connectivity index (χ2n) is 0.0690. The van der Waals surface area contributed by atoms with Crippen molar-refractivity contribution in [3.05, 3.63) is 4.91 Å². The van der Waals surface area contributed by atoms with Crippen LogP contribution in [-0.2, 0) is 22.4 Å². The third-order valence-corrected chi connectivity index (χ3v) is 0. The molecule has 0 radical (unpaired) electrons. The molecule has 0 amide bonds. The van der Waals surface area contributed by atoms with Crippen LogP contribution < -0.4 is 0 Å². The van der Waals surface area contributed by atoms with Gasteiger partial charge in [0, 0.05) is 4.70 Å². The number of halogens is 1. The summed E-state index contributed by atoms with van der Waals surface area (Å²) in [7, 11) is 0. The number of rotatable bonds is 0. The summed E-state index contributed by atoms with van der Waals surface area (Å²) in [4.78, 5) is 8.32. The molecule has 0 aliphatic carbocycles. The zero-order valence-electron chi connectivity index (χ0n) is 1.53. The molecule has 4 heavy (non-hydrogen) atoms. The number of nitrogens with zero attached hydrogens (tertiary/aromatic N) is 1. The SMILES string of the molecule is O=NCl.[Au+]. The molecule has 0 saturated heterocycles. The second kappa shape index (κ2) is 9.45. The minimum absolute atomic E-state index is 0. The van der Waals surface area contributed by atoms with Crippen molar-refractivity contribution >= 4 is 11.8 Å². The maximum absolute atomic E-state index is 8.32. The average Bonchev–Trinajstić information content (AvgIpc) is 0.918. The van der Waals surface area contributed by atoms with Crippen LogP contribution in [-0.4, -0.2) is 0 Å². The van der Waals surface area contributed by atoms with Gasteiger partial charge >= 0.3 is 22.4 Å². The molecule has 0 heterocycles. The Morgan fingerprint density at radius 3 is 1.75 bits per heavy atom. The number of nitroso groups, excluding NO2 is 1. The fraction of sp³-hybridized carbons (Fsp3) is 0. The Kier molecular flexibility index (Phi) is 20.8. The van der Waals surface area contributed by atoms with Crippen molar-refractivity contribution in [3.8, 4) is 0 Å². The maximum Gasteiger partial charge on any atom is 1.00 e. The van der Waals surface area contributed by atoms with Crippen molar-refractivity contribution in [1.29, 1.82) is 0 Å². The largest absolute Gasteiger partial charge is 1.00 e. The molecule has 0 atom stereocenters. The molecule has 0 spiro atoms. The van der Waals surface area contributed by atoms with E-state index in [1.54, 1.807) is 4.70 Å². The van der Waals surface area contributed by atoms with E-state index in [0.717, 1.165) is 0 Å². The second-order valence-corrected chi connectivity index (χ2v) is 0.207. The summed E-state index contributed by atoms with van der Waals surface area (Å²) < 4.78 is 1.72. The van der Waals surface area contributed by atoms with Crippen molar-refractivity contribution in [1.82, 2.24) is 0 Å². The molecule has 4 heteroatoms. The van der Waals surface area contributed by atoms with Gasteiger partial charge in [0.05, 0.1) is 11.8 Å². The van der Waals surface area contributed by atoms with Gasteiger partial charge < -0.3 is 0 Å². The first-order valence-electron chi connectivity index (χ1n) is 0.352. The molecule has 0 aromatic heterocycles. The van der Waals surface area contributed by atoms with E-state index in [4.69, 9.17) is 4.91 Å². The van der Waals surface area contributed by atoms with Crippen molar-refractivity contribution in [3.63, 3.8) is 0 Å². The molecule has 0 fully saturated rings. The van der Waals surface area contributed by atoms with Crippen LogP contribution in [0.1, 0.15) is 0 Å². The molecule has 0 aliphatic heterocycles. The van der Waals surface area contributed by atoms with Crippen LogP contribution in [0.4, 0.5) is 0 Å². The summed E-state index contributed by atoms with van der Waals surface area (Å²) in [5, 5.41) is 0. The maximum atomic E-state index is 8.32. The standard InChI is InChI=1S/Au.ClNO/c;1-2-3/q+1;. The minimum Gasteiger partial charge on any atom is -0.131 e. The Balaban J connectivity index is 0. The molecular weight excluding hydrogens is 262 g/mol. The summed E-state index contributed by atoms with van der Waals surface area (Å²) in [5.74, 6) is 0. The fourth-order valence-corrected chi connectivity index (χ4v) is 0. The summed E-state index contributed by atoms with van der Waals surface area (Å²) in [5.41, 5.74) is 0. The molecular formula is AuClNO+. The Labute approximate surface area is 44.1 Å². The summed E-state index contributed by atoms with van der Waals surface area (Å²) in [6.07, 6.45) is 0. The number of hydrogen-bond acceptors (Lipinski definition) is 2. The molecule has 0 aromatic carbocycles. The Bertz CT molecular complexity index is 15.5. The summed E-state index contributed by atoms with van der Waals surface area (Å²) in [6, 6.07) is 0. The molecule has 0 saturated carbocycles. The molecule has 0 unspecified atom stereocenters. The van der Waals surface area contributed by atoms with Gasteiger partial charge in [0.2, 0.25) is 0 Å². The van der Waals surface area contributed by atoms with Gasteiger partial charge in [-0.05, 0) is 0 Å². The van der Waals surface area contributed by atoms with E-state index in [2.05, 4.69) is 11.8 Å². The Morgan fingerprint density at radius 1 is 1.75 bits per heavy atom. The van der Waals surface area contributed by atoms with Gasteiger partial charge in [-0.25, -0.2) is 0 Å². The van der Waals surface area contributed by atoms with Crippen molar-refractivity contribution in [2.24, 2.45) is 4.70 Å². The van der Waals surface area contributed by atoms with Gasteiger partial charge in [-0.1, -0.05) is 0 Å². The van der Waals surface area contributed by atoms with Gasteiger partial charge in [0.15, 0.2) is 0 Å². The van der Waals surface area contributed by atoms with E-state index in [-0.39, 0.29) is 22.4 Å². The van der Waals surface area contributed by atoms with E-state index < -0.39 is 0 Å². The van der Waals surface area contributed by atoms with Crippen LogP contribution in [0.15, 0.2) is 4.70 Å². The third-order valence-electron chi connectivity index (χ3n) is 0. The van der Waals surface area contributed by atoms with Crippen molar-refractivity contribution in [2.75, 3.05) is 0 Å². The first-order valence-corrected chi connectivity index (χ1v) is 0.690. The smallest absolute Gasteiger partial charge is 0.131 e. The molecule has 0 rings (SSSR count). The minimum atomic E-state index is 0. The summed E-state index contributed by atoms with van der Waals surface area (Å²) in [6.45, 7) is 0. The van der Waals surface area contributed by atoms with Crippen LogP contribution in [0.3, 0.4) is 0 Å². The van der Waals surface area contributed by atoms with Crippen LogP contribution in [0, 0.1) is 4.91 Å². The first-order chi connectivity index (χ1) is 1.41. The molecule has 0 aliphatic rings. The van der Waals surface area contributed by atoms with Gasteiger partial charge in [-0.15, -0.1) is 4.91 Å². The topological polar surface area (TPSA) is 29.4 Å². The molecule has 0 N–H and O–H groups in total. The summed E-state index contributed by atoms with van der Waals surface area (Å²) >= 11 is 4.07. The van der Waals surface area contributed by atoms with E-state index >= 15 is 0 Å². The predicted octanol–water partition coefficient (Wildman–Crippen LogP) is 0.904. The quantitative estimate of drug-likeness (QED) is 0.471. The fourth-order valence-electron chi connectivity index (χ4n) is 0. The average molecular weight is 262 g/mol. The van der Waals surface area contributed by atoms with Gasteiger partial charge in [-0.2, -0.15) is 0 Å². The van der Waals surface area contributed by atoms with Crippen molar-refractivity contribution in [2.45, 2.75) is 0 Å². The van der Waals surface area contributed by atoms with Gasteiger partial charge in [0.1, 0.15) is 0 Å². The molecule has 0 aromatic rings. The van der Waals surface area contributed by atoms with Gasteiger partial charge in [0.25, 0.3) is 0 Å². The van der Waals surface area contributed by atoms with Gasteiger partial charge in [-0.3, -0.25) is 0 Å². The molecule has 28 valence electrons. The third kappa shape index (κ3) is 17.6.